The molecule has 3 N–H and O–H groups in total. The summed E-state index contributed by atoms with van der Waals surface area (Å²) in [6.07, 6.45) is 0. The van der Waals surface area contributed by atoms with Gasteiger partial charge in [0.1, 0.15) is 12.2 Å². The molecule has 0 radical (unpaired) electrons. The molecule has 8 nitrogen and oxygen atoms in total. The van der Waals surface area contributed by atoms with E-state index < -0.39 is 5.97 Å². The van der Waals surface area contributed by atoms with Gasteiger partial charge in [0, 0.05) is 11.3 Å². The molecule has 0 atom stereocenters. The van der Waals surface area contributed by atoms with Crippen molar-refractivity contribution < 1.29 is 19.5 Å². The minimum Gasteiger partial charge on any atom is -0.477 e. The fraction of sp³-hybridized carbons (Fsp3) is 0.143. The van der Waals surface area contributed by atoms with E-state index in [1.807, 2.05) is 0 Å². The number of carboxylic acid groups (broad SMARTS) is 1. The maximum Gasteiger partial charge on any atom is 0.353 e. The molecule has 8 heteroatoms. The number of benzene rings is 1. The first-order chi connectivity index (χ1) is 10.5. The van der Waals surface area contributed by atoms with Gasteiger partial charge in [0.2, 0.25) is 11.8 Å². The largest absolute Gasteiger partial charge is 0.477 e. The third kappa shape index (κ3) is 2.53. The van der Waals surface area contributed by atoms with Crippen LogP contribution in [0.2, 0.25) is 0 Å². The molecule has 3 rings (SSSR count). The first-order valence-corrected chi connectivity index (χ1v) is 6.51. The molecule has 0 unspecified atom stereocenters. The Morgan fingerprint density at radius 3 is 2.59 bits per heavy atom. The number of amides is 2. The van der Waals surface area contributed by atoms with Crippen molar-refractivity contribution in [3.63, 3.8) is 0 Å². The molecule has 0 bridgehead atoms. The number of aromatic amines is 1. The number of carboxylic acids is 1. The van der Waals surface area contributed by atoms with Crippen LogP contribution >= 0.6 is 0 Å². The molecule has 22 heavy (non-hydrogen) atoms. The van der Waals surface area contributed by atoms with E-state index in [0.717, 1.165) is 0 Å². The lowest BCUT2D eigenvalue weighted by molar-refractivity contribution is -0.128. The van der Waals surface area contributed by atoms with E-state index in [1.165, 1.54) is 11.0 Å². The minimum absolute atomic E-state index is 0.00181. The first kappa shape index (κ1) is 13.8. The molecular weight excluding hydrogens is 288 g/mol. The summed E-state index contributed by atoms with van der Waals surface area (Å²) >= 11 is 0. The Labute approximate surface area is 124 Å². The van der Waals surface area contributed by atoms with Gasteiger partial charge in [-0.3, -0.25) is 14.7 Å². The zero-order valence-corrected chi connectivity index (χ0v) is 11.4. The Morgan fingerprint density at radius 1 is 1.23 bits per heavy atom. The lowest BCUT2D eigenvalue weighted by Gasteiger charge is -2.26. The summed E-state index contributed by atoms with van der Waals surface area (Å²) in [7, 11) is 0. The van der Waals surface area contributed by atoms with Gasteiger partial charge in [-0.1, -0.05) is 12.1 Å². The van der Waals surface area contributed by atoms with Crippen molar-refractivity contribution in [3.05, 3.63) is 36.0 Å². The lowest BCUT2D eigenvalue weighted by atomic mass is 10.1. The number of H-pyrrole nitrogens is 1. The van der Waals surface area contributed by atoms with Gasteiger partial charge in [0.25, 0.3) is 0 Å². The highest BCUT2D eigenvalue weighted by molar-refractivity contribution is 6.04. The smallest absolute Gasteiger partial charge is 0.353 e. The summed E-state index contributed by atoms with van der Waals surface area (Å²) in [5.41, 5.74) is 1.81. The van der Waals surface area contributed by atoms with Gasteiger partial charge in [-0.05, 0) is 18.2 Å². The predicted molar refractivity (Wildman–Crippen MR) is 76.3 cm³/mol. The second kappa shape index (κ2) is 5.32. The number of nitrogens with one attached hydrogen (secondary N) is 2. The standard InChI is InChI=1S/C14H12N4O4/c19-12-7-18(13(20)6-15-12)9-3-1-8(2-4-9)10-5-11(14(21)22)17-16-10/h1-5H,6-7H2,(H,15,19)(H,16,17)(H,21,22). The van der Waals surface area contributed by atoms with Crippen LogP contribution in [-0.4, -0.2) is 46.2 Å². The Bertz CT molecular complexity index is 750. The number of hydrogen-bond acceptors (Lipinski definition) is 4. The molecular formula is C14H12N4O4. The van der Waals surface area contributed by atoms with Crippen molar-refractivity contribution in [1.82, 2.24) is 15.5 Å². The molecule has 1 aromatic carbocycles. The van der Waals surface area contributed by atoms with Crippen LogP contribution in [-0.2, 0) is 9.59 Å². The number of piperazine rings is 1. The molecule has 1 aromatic heterocycles. The summed E-state index contributed by atoms with van der Waals surface area (Å²) < 4.78 is 0. The third-order valence-electron chi connectivity index (χ3n) is 3.32. The molecule has 2 amide bonds. The molecule has 1 aliphatic heterocycles. The number of carbonyl (C=O) groups is 3. The topological polar surface area (TPSA) is 115 Å². The van der Waals surface area contributed by atoms with Gasteiger partial charge in [0.05, 0.1) is 12.2 Å². The monoisotopic (exact) mass is 300 g/mol. The van der Waals surface area contributed by atoms with Crippen LogP contribution in [0.25, 0.3) is 11.3 Å². The molecule has 1 aliphatic rings. The first-order valence-electron chi connectivity index (χ1n) is 6.51. The maximum absolute atomic E-state index is 11.8. The zero-order valence-electron chi connectivity index (χ0n) is 11.4. The zero-order chi connectivity index (χ0) is 15.7. The highest BCUT2D eigenvalue weighted by atomic mass is 16.4. The number of anilines is 1. The number of hydrogen-bond donors (Lipinski definition) is 3. The summed E-state index contributed by atoms with van der Waals surface area (Å²) in [6.45, 7) is -0.0222. The van der Waals surface area contributed by atoms with Gasteiger partial charge < -0.3 is 15.3 Å². The normalized spacial score (nSPS) is 14.8. The summed E-state index contributed by atoms with van der Waals surface area (Å²) in [5, 5.41) is 17.7. The highest BCUT2D eigenvalue weighted by Gasteiger charge is 2.24. The van der Waals surface area contributed by atoms with Gasteiger partial charge in [-0.25, -0.2) is 4.79 Å². The number of aromatic carboxylic acids is 1. The molecule has 0 saturated carbocycles. The van der Waals surface area contributed by atoms with E-state index in [2.05, 4.69) is 15.5 Å². The molecule has 2 aromatic rings. The van der Waals surface area contributed by atoms with Crippen LogP contribution in [0.5, 0.6) is 0 Å². The average molecular weight is 300 g/mol. The van der Waals surface area contributed by atoms with Crippen molar-refractivity contribution in [2.75, 3.05) is 18.0 Å². The Balaban J connectivity index is 1.84. The minimum atomic E-state index is -1.08. The van der Waals surface area contributed by atoms with E-state index in [4.69, 9.17) is 5.11 Å². The van der Waals surface area contributed by atoms with Crippen LogP contribution in [0.3, 0.4) is 0 Å². The van der Waals surface area contributed by atoms with Gasteiger partial charge in [-0.2, -0.15) is 5.10 Å². The van der Waals surface area contributed by atoms with Crippen molar-refractivity contribution in [2.45, 2.75) is 0 Å². The molecule has 1 saturated heterocycles. The van der Waals surface area contributed by atoms with Crippen molar-refractivity contribution in [3.8, 4) is 11.3 Å². The molecule has 1 fully saturated rings. The van der Waals surface area contributed by atoms with E-state index >= 15 is 0 Å². The highest BCUT2D eigenvalue weighted by Crippen LogP contribution is 2.23. The quantitative estimate of drug-likeness (QED) is 0.751. The Kier molecular flexibility index (Phi) is 3.34. The average Bonchev–Trinajstić information content (AvgIpc) is 3.00. The van der Waals surface area contributed by atoms with Crippen LogP contribution < -0.4 is 10.2 Å². The predicted octanol–water partition coefficient (Wildman–Crippen LogP) is 0.238. The van der Waals surface area contributed by atoms with E-state index in [0.29, 0.717) is 16.9 Å². The van der Waals surface area contributed by atoms with Crippen LogP contribution in [0.4, 0.5) is 5.69 Å². The number of rotatable bonds is 3. The number of nitrogens with zero attached hydrogens (tertiary/aromatic N) is 2. The van der Waals surface area contributed by atoms with Crippen molar-refractivity contribution >= 4 is 23.5 Å². The fourth-order valence-corrected chi connectivity index (χ4v) is 2.18. The SMILES string of the molecule is O=C1CN(c2ccc(-c3cc(C(=O)O)[nH]n3)cc2)C(=O)CN1. The lowest BCUT2D eigenvalue weighted by Crippen LogP contribution is -2.51. The van der Waals surface area contributed by atoms with Crippen LogP contribution in [0.1, 0.15) is 10.5 Å². The van der Waals surface area contributed by atoms with Crippen LogP contribution in [0.15, 0.2) is 30.3 Å². The summed E-state index contributed by atoms with van der Waals surface area (Å²) in [6, 6.07) is 8.26. The van der Waals surface area contributed by atoms with E-state index in [1.54, 1.807) is 24.3 Å². The maximum atomic E-state index is 11.8. The van der Waals surface area contributed by atoms with Gasteiger partial charge in [0.15, 0.2) is 0 Å². The number of carbonyl (C=O) groups excluding carboxylic acids is 2. The van der Waals surface area contributed by atoms with Gasteiger partial charge >= 0.3 is 5.97 Å². The summed E-state index contributed by atoms with van der Waals surface area (Å²) in [4.78, 5) is 35.4. The molecule has 0 aliphatic carbocycles. The van der Waals surface area contributed by atoms with Crippen molar-refractivity contribution in [2.24, 2.45) is 0 Å². The fourth-order valence-electron chi connectivity index (χ4n) is 2.18. The van der Waals surface area contributed by atoms with Crippen LogP contribution in [0, 0.1) is 0 Å². The van der Waals surface area contributed by atoms with E-state index in [9.17, 15) is 14.4 Å². The molecule has 0 spiro atoms. The third-order valence-corrected chi connectivity index (χ3v) is 3.32. The van der Waals surface area contributed by atoms with Crippen molar-refractivity contribution in [1.29, 1.82) is 0 Å². The molecule has 112 valence electrons. The number of aromatic nitrogens is 2. The second-order valence-corrected chi connectivity index (χ2v) is 4.78. The Hall–Kier alpha value is -3.16. The Morgan fingerprint density at radius 2 is 1.95 bits per heavy atom. The van der Waals surface area contributed by atoms with Gasteiger partial charge in [-0.15, -0.1) is 0 Å². The summed E-state index contributed by atoms with van der Waals surface area (Å²) in [5.74, 6) is -1.47. The molecule has 2 heterocycles. The second-order valence-electron chi connectivity index (χ2n) is 4.78. The van der Waals surface area contributed by atoms with E-state index in [-0.39, 0.29) is 30.6 Å².